The summed E-state index contributed by atoms with van der Waals surface area (Å²) in [6.45, 7) is 0.604. The minimum absolute atomic E-state index is 0.0605. The summed E-state index contributed by atoms with van der Waals surface area (Å²) >= 11 is 0. The van der Waals surface area contributed by atoms with E-state index < -0.39 is 23.8 Å². The predicted molar refractivity (Wildman–Crippen MR) is 59.2 cm³/mol. The van der Waals surface area contributed by atoms with Crippen molar-refractivity contribution in [3.63, 3.8) is 0 Å². The van der Waals surface area contributed by atoms with E-state index in [-0.39, 0.29) is 19.0 Å². The van der Waals surface area contributed by atoms with Gasteiger partial charge in [0, 0.05) is 20.1 Å². The molecular weight excluding hydrogens is 240 g/mol. The van der Waals surface area contributed by atoms with Crippen molar-refractivity contribution in [1.82, 2.24) is 20.4 Å². The van der Waals surface area contributed by atoms with Gasteiger partial charge in [0.25, 0.3) is 11.8 Å². The van der Waals surface area contributed by atoms with Gasteiger partial charge < -0.3 is 20.4 Å². The van der Waals surface area contributed by atoms with Crippen LogP contribution in [-0.2, 0) is 19.2 Å². The number of hydrogen-bond acceptors (Lipinski definition) is 4. The average molecular weight is 254 g/mol. The Bertz CT molecular complexity index is 422. The van der Waals surface area contributed by atoms with Crippen LogP contribution in [0.3, 0.4) is 0 Å². The Balaban J connectivity index is 2.04. The van der Waals surface area contributed by atoms with Crippen LogP contribution in [0.1, 0.15) is 0 Å². The quantitative estimate of drug-likeness (QED) is 0.484. The van der Waals surface area contributed by atoms with Crippen LogP contribution in [-0.4, -0.2) is 72.7 Å². The first-order valence-electron chi connectivity index (χ1n) is 5.59. The zero-order chi connectivity index (χ0) is 13.3. The normalized spacial score (nSPS) is 24.7. The molecule has 0 aromatic heterocycles. The third-order valence-electron chi connectivity index (χ3n) is 3.01. The number of hydrogen-bond donors (Lipinski definition) is 2. The second kappa shape index (κ2) is 4.63. The summed E-state index contributed by atoms with van der Waals surface area (Å²) in [6, 6.07) is -1.22. The van der Waals surface area contributed by atoms with Crippen LogP contribution in [0.4, 0.5) is 0 Å². The van der Waals surface area contributed by atoms with Crippen LogP contribution in [0.15, 0.2) is 0 Å². The molecule has 0 aromatic carbocycles. The van der Waals surface area contributed by atoms with E-state index >= 15 is 0 Å². The maximum Gasteiger partial charge on any atom is 0.255 e. The molecule has 0 unspecified atom stereocenters. The smallest absolute Gasteiger partial charge is 0.255 e. The van der Waals surface area contributed by atoms with E-state index in [0.717, 1.165) is 0 Å². The zero-order valence-corrected chi connectivity index (χ0v) is 9.93. The molecule has 0 aliphatic carbocycles. The maximum absolute atomic E-state index is 12.0. The Morgan fingerprint density at radius 3 is 2.67 bits per heavy atom. The van der Waals surface area contributed by atoms with E-state index in [2.05, 4.69) is 10.6 Å². The maximum atomic E-state index is 12.0. The molecule has 4 amide bonds. The SMILES string of the molecule is CN1CCN(C(=O)[C@@H]2NC(=O)CNC2=O)CC1=O. The summed E-state index contributed by atoms with van der Waals surface area (Å²) in [7, 11) is 1.65. The number of carbonyl (C=O) groups is 4. The van der Waals surface area contributed by atoms with Gasteiger partial charge in [-0.15, -0.1) is 0 Å². The van der Waals surface area contributed by atoms with Crippen LogP contribution in [0.25, 0.3) is 0 Å². The highest BCUT2D eigenvalue weighted by Gasteiger charge is 2.37. The van der Waals surface area contributed by atoms with Crippen molar-refractivity contribution in [2.45, 2.75) is 6.04 Å². The zero-order valence-electron chi connectivity index (χ0n) is 9.93. The topological polar surface area (TPSA) is 98.8 Å². The Morgan fingerprint density at radius 1 is 1.28 bits per heavy atom. The molecule has 0 saturated carbocycles. The van der Waals surface area contributed by atoms with Crippen molar-refractivity contribution in [2.75, 3.05) is 33.2 Å². The van der Waals surface area contributed by atoms with Gasteiger partial charge in [-0.1, -0.05) is 0 Å². The van der Waals surface area contributed by atoms with Gasteiger partial charge in [-0.25, -0.2) is 0 Å². The number of likely N-dealkylation sites (N-methyl/N-ethyl adjacent to an activating group) is 1. The highest BCUT2D eigenvalue weighted by Crippen LogP contribution is 2.05. The molecule has 1 atom stereocenters. The average Bonchev–Trinajstić information content (AvgIpc) is 2.35. The third-order valence-corrected chi connectivity index (χ3v) is 3.01. The van der Waals surface area contributed by atoms with Crippen LogP contribution in [0, 0.1) is 0 Å². The molecule has 8 heteroatoms. The molecule has 8 nitrogen and oxygen atoms in total. The number of piperazine rings is 2. The molecule has 0 spiro atoms. The molecule has 0 bridgehead atoms. The lowest BCUT2D eigenvalue weighted by Crippen LogP contribution is -2.64. The van der Waals surface area contributed by atoms with Crippen LogP contribution >= 0.6 is 0 Å². The van der Waals surface area contributed by atoms with Crippen molar-refractivity contribution in [3.05, 3.63) is 0 Å². The van der Waals surface area contributed by atoms with Crippen molar-refractivity contribution in [3.8, 4) is 0 Å². The van der Waals surface area contributed by atoms with Gasteiger partial charge in [0.2, 0.25) is 11.8 Å². The number of nitrogens with zero attached hydrogens (tertiary/aromatic N) is 2. The molecule has 2 saturated heterocycles. The Kier molecular flexibility index (Phi) is 3.17. The van der Waals surface area contributed by atoms with Crippen LogP contribution in [0.5, 0.6) is 0 Å². The van der Waals surface area contributed by atoms with Gasteiger partial charge in [0.15, 0.2) is 6.04 Å². The molecule has 2 N–H and O–H groups in total. The molecular formula is C10H14N4O4. The fourth-order valence-electron chi connectivity index (χ4n) is 1.85. The first-order valence-corrected chi connectivity index (χ1v) is 5.59. The van der Waals surface area contributed by atoms with Gasteiger partial charge in [-0.3, -0.25) is 19.2 Å². The van der Waals surface area contributed by atoms with Crippen molar-refractivity contribution >= 4 is 23.6 Å². The second-order valence-corrected chi connectivity index (χ2v) is 4.29. The van der Waals surface area contributed by atoms with Gasteiger partial charge in [-0.05, 0) is 0 Å². The first-order chi connectivity index (χ1) is 8.49. The van der Waals surface area contributed by atoms with Gasteiger partial charge in [0.1, 0.15) is 0 Å². The lowest BCUT2D eigenvalue weighted by atomic mass is 10.1. The number of rotatable bonds is 1. The summed E-state index contributed by atoms with van der Waals surface area (Å²) < 4.78 is 0. The van der Waals surface area contributed by atoms with Crippen molar-refractivity contribution in [2.24, 2.45) is 0 Å². The van der Waals surface area contributed by atoms with Gasteiger partial charge >= 0.3 is 0 Å². The minimum atomic E-state index is -1.22. The van der Waals surface area contributed by atoms with E-state index in [9.17, 15) is 19.2 Å². The predicted octanol–water partition coefficient (Wildman–Crippen LogP) is -3.10. The molecule has 18 heavy (non-hydrogen) atoms. The molecule has 2 aliphatic heterocycles. The first kappa shape index (κ1) is 12.3. The van der Waals surface area contributed by atoms with E-state index in [1.807, 2.05) is 0 Å². The molecule has 2 fully saturated rings. The monoisotopic (exact) mass is 254 g/mol. The lowest BCUT2D eigenvalue weighted by Gasteiger charge is -2.34. The molecule has 2 heterocycles. The minimum Gasteiger partial charge on any atom is -0.345 e. The van der Waals surface area contributed by atoms with Gasteiger partial charge in [0.05, 0.1) is 13.1 Å². The number of carbonyl (C=O) groups excluding carboxylic acids is 4. The van der Waals surface area contributed by atoms with E-state index in [0.29, 0.717) is 13.1 Å². The fourth-order valence-corrected chi connectivity index (χ4v) is 1.85. The summed E-state index contributed by atoms with van der Waals surface area (Å²) in [6.07, 6.45) is 0. The Labute approximate surface area is 103 Å². The third kappa shape index (κ3) is 2.27. The summed E-state index contributed by atoms with van der Waals surface area (Å²) in [5.41, 5.74) is 0. The largest absolute Gasteiger partial charge is 0.345 e. The Hall–Kier alpha value is -2.12. The molecule has 2 rings (SSSR count). The highest BCUT2D eigenvalue weighted by atomic mass is 16.2. The van der Waals surface area contributed by atoms with Crippen LogP contribution < -0.4 is 10.6 Å². The molecule has 2 aliphatic rings. The highest BCUT2D eigenvalue weighted by molar-refractivity contribution is 6.10. The standard InChI is InChI=1S/C10H14N4O4/c1-13-2-3-14(5-7(13)16)10(18)8-9(17)11-4-6(15)12-8/h8H,2-5H2,1H3,(H,11,17)(H,12,15)/t8-/m1/s1. The fraction of sp³-hybridized carbons (Fsp3) is 0.600. The van der Waals surface area contributed by atoms with E-state index in [1.165, 1.54) is 9.80 Å². The molecule has 98 valence electrons. The van der Waals surface area contributed by atoms with Crippen molar-refractivity contribution in [1.29, 1.82) is 0 Å². The molecule has 0 radical (unpaired) electrons. The van der Waals surface area contributed by atoms with E-state index in [1.54, 1.807) is 7.05 Å². The van der Waals surface area contributed by atoms with Gasteiger partial charge in [-0.2, -0.15) is 0 Å². The summed E-state index contributed by atoms with van der Waals surface area (Å²) in [5.74, 6) is -1.67. The molecule has 0 aromatic rings. The van der Waals surface area contributed by atoms with Crippen molar-refractivity contribution < 1.29 is 19.2 Å². The number of amides is 4. The lowest BCUT2D eigenvalue weighted by molar-refractivity contribution is -0.150. The second-order valence-electron chi connectivity index (χ2n) is 4.29. The summed E-state index contributed by atoms with van der Waals surface area (Å²) in [5, 5.41) is 4.65. The Morgan fingerprint density at radius 2 is 2.00 bits per heavy atom. The number of nitrogens with one attached hydrogen (secondary N) is 2. The van der Waals surface area contributed by atoms with E-state index in [4.69, 9.17) is 0 Å². The summed E-state index contributed by atoms with van der Waals surface area (Å²) in [4.78, 5) is 49.0. The van der Waals surface area contributed by atoms with Crippen LogP contribution in [0.2, 0.25) is 0 Å².